The molecule has 1 aliphatic carbocycles. The summed E-state index contributed by atoms with van der Waals surface area (Å²) in [5.74, 6) is 1.13. The number of carbonyl (C=O) groups excluding carboxylic acids is 2. The molecular weight excluding hydrogens is 1400 g/mol. The first-order valence-corrected chi connectivity index (χ1v) is 39.7. The zero-order valence-corrected chi connectivity index (χ0v) is 67.2. The quantitative estimate of drug-likeness (QED) is 0.161. The van der Waals surface area contributed by atoms with Crippen molar-refractivity contribution >= 4 is 61.9 Å². The van der Waals surface area contributed by atoms with Gasteiger partial charge in [0.05, 0.1) is 0 Å². The van der Waals surface area contributed by atoms with Crippen LogP contribution in [0.4, 0.5) is 16.2 Å². The number of Topliss-reactive ketones (excluding diaryl/α,β-unsaturated/α-hetero) is 1. The highest BCUT2D eigenvalue weighted by Gasteiger charge is 2.36. The molecule has 1 unspecified atom stereocenters. The summed E-state index contributed by atoms with van der Waals surface area (Å²) in [6, 6.07) is 75.3. The minimum atomic E-state index is -0.812. The number of aryl methyl sites for hydroxylation is 2. The van der Waals surface area contributed by atoms with E-state index in [1.807, 2.05) is 74.5 Å². The van der Waals surface area contributed by atoms with E-state index < -0.39 is 6.23 Å². The summed E-state index contributed by atoms with van der Waals surface area (Å²) < 4.78 is 4.53. The summed E-state index contributed by atoms with van der Waals surface area (Å²) in [4.78, 5) is 34.9. The number of hydrogen-bond donors (Lipinski definition) is 1. The Morgan fingerprint density at radius 1 is 0.372 bits per heavy atom. The summed E-state index contributed by atoms with van der Waals surface area (Å²) in [7, 11) is 0. The molecule has 1 fully saturated rings. The molecule has 1 saturated heterocycles. The monoisotopic (exact) mass is 1560 g/mol. The molecule has 8 aromatic carbocycles. The van der Waals surface area contributed by atoms with Crippen LogP contribution in [0.15, 0.2) is 230 Å². The Morgan fingerprint density at radius 3 is 1.27 bits per heavy atom. The molecule has 0 radical (unpaired) electrons. The van der Waals surface area contributed by atoms with E-state index in [-0.39, 0.29) is 70.7 Å². The van der Waals surface area contributed by atoms with Gasteiger partial charge in [-0.25, -0.2) is 0 Å². The number of carbonyl (C=O) groups is 2. The third-order valence-corrected chi connectivity index (χ3v) is 20.6. The highest BCUT2D eigenvalue weighted by atomic mass is 32.2. The molecule has 0 bridgehead atoms. The lowest BCUT2D eigenvalue weighted by molar-refractivity contribution is 0.0625. The van der Waals surface area contributed by atoms with Crippen LogP contribution >= 0.6 is 11.8 Å². The number of aliphatic hydroxyl groups is 1. The molecule has 622 valence electrons. The maximum atomic E-state index is 11.7. The van der Waals surface area contributed by atoms with Gasteiger partial charge in [0.25, 0.3) is 5.24 Å². The van der Waals surface area contributed by atoms with Gasteiger partial charge in [0.1, 0.15) is 0 Å². The zero-order valence-electron chi connectivity index (χ0n) is 66.4. The van der Waals surface area contributed by atoms with E-state index in [1.54, 1.807) is 5.56 Å². The van der Waals surface area contributed by atoms with Gasteiger partial charge in [-0.05, 0) is 238 Å². The van der Waals surface area contributed by atoms with Crippen LogP contribution in [0.1, 0.15) is 257 Å². The average molecular weight is 1560 g/mol. The maximum absolute atomic E-state index is 11.7. The van der Waals surface area contributed by atoms with Crippen LogP contribution < -0.4 is 9.80 Å². The predicted octanol–water partition coefficient (Wildman–Crippen LogP) is 28.1. The second-order valence-corrected chi connectivity index (χ2v) is 31.9. The summed E-state index contributed by atoms with van der Waals surface area (Å²) in [6.07, 6.45) is 14.2. The number of thioether (sulfide) groups is 1. The molecular formula is C102H155N7O3S. The summed E-state index contributed by atoms with van der Waals surface area (Å²) >= 11 is 1.10. The largest absolute Gasteiger partial charge is 0.369 e. The van der Waals surface area contributed by atoms with Gasteiger partial charge in [0.2, 0.25) is 0 Å². The van der Waals surface area contributed by atoms with Gasteiger partial charge in [-0.15, -0.1) is 0 Å². The van der Waals surface area contributed by atoms with Crippen molar-refractivity contribution in [1.82, 2.24) is 23.8 Å². The van der Waals surface area contributed by atoms with Crippen LogP contribution in [0, 0.1) is 5.92 Å². The van der Waals surface area contributed by atoms with Gasteiger partial charge in [-0.2, -0.15) is 0 Å². The van der Waals surface area contributed by atoms with E-state index in [2.05, 4.69) is 303 Å². The first kappa shape index (κ1) is 105. The minimum Gasteiger partial charge on any atom is -0.369 e. The van der Waals surface area contributed by atoms with Crippen LogP contribution in [0.2, 0.25) is 0 Å². The lowest BCUT2D eigenvalue weighted by Gasteiger charge is -2.34. The summed E-state index contributed by atoms with van der Waals surface area (Å²) in [6.45, 7) is 44.2. The molecule has 10 aromatic rings. The van der Waals surface area contributed by atoms with Crippen molar-refractivity contribution in [2.45, 2.75) is 284 Å². The Kier molecular flexibility index (Phi) is 48.2. The minimum absolute atomic E-state index is 0. The molecule has 0 spiro atoms. The van der Waals surface area contributed by atoms with Crippen molar-refractivity contribution in [2.24, 2.45) is 5.92 Å². The fraction of sp³-hybridized carbons (Fsp3) is 0.451. The van der Waals surface area contributed by atoms with Crippen LogP contribution in [0.3, 0.4) is 0 Å². The van der Waals surface area contributed by atoms with Gasteiger partial charge in [0, 0.05) is 134 Å². The Labute approximate surface area is 695 Å². The highest BCUT2D eigenvalue weighted by Crippen LogP contribution is 2.37. The topological polar surface area (TPSA) is 80.4 Å². The van der Waals surface area contributed by atoms with Crippen molar-refractivity contribution in [3.63, 3.8) is 0 Å². The predicted molar refractivity (Wildman–Crippen MR) is 505 cm³/mol. The van der Waals surface area contributed by atoms with Crippen LogP contribution in [0.5, 0.6) is 0 Å². The molecule has 113 heavy (non-hydrogen) atoms. The van der Waals surface area contributed by atoms with Gasteiger partial charge >= 0.3 is 0 Å². The first-order chi connectivity index (χ1) is 50.4. The van der Waals surface area contributed by atoms with E-state index in [0.29, 0.717) is 53.4 Å². The van der Waals surface area contributed by atoms with Gasteiger partial charge in [-0.3, -0.25) is 19.4 Å². The maximum Gasteiger partial charge on any atom is 0.288 e. The molecule has 16 rings (SSSR count). The number of anilines is 2. The average Bonchev–Trinajstić information content (AvgIpc) is 1.44. The summed E-state index contributed by atoms with van der Waals surface area (Å²) in [5.41, 5.74) is 16.4. The molecule has 10 nitrogen and oxygen atoms in total. The molecule has 11 heteroatoms. The zero-order chi connectivity index (χ0) is 75.7. The number of ketones is 1. The fourth-order valence-corrected chi connectivity index (χ4v) is 14.8. The Bertz CT molecular complexity index is 4240. The number of nitrogens with zero attached hydrogens (tertiary/aromatic N) is 7. The third-order valence-electron chi connectivity index (χ3n) is 19.7. The number of para-hydroxylation sites is 3. The highest BCUT2D eigenvalue weighted by molar-refractivity contribution is 8.17. The SMILES string of the molecule is C.C.C.C.C.C.C.C.CC(C)C.CC(C)N1C(=O)S/C(=C/c2ccccc2)C1O.CC(C)N1CCCc2ccccc21.CC(C)N1CCc2ccccc21.CC(C)N1CCc2ccccc2C1.CC(C)N1Cc2ccccc2C1.CC(C)n1cc2ccccc2c1.CC(C)n1ccc2ccccc21.O=C1CCc2ccccc21. The molecule has 1 atom stereocenters. The molecule has 7 heterocycles. The van der Waals surface area contributed by atoms with E-state index in [1.165, 1.54) is 117 Å². The van der Waals surface area contributed by atoms with Gasteiger partial charge in [-0.1, -0.05) is 262 Å². The lowest BCUT2D eigenvalue weighted by Crippen LogP contribution is -2.38. The number of hydrogen-bond acceptors (Lipinski definition) is 8. The number of aromatic nitrogens is 2. The standard InChI is InChI=1S/C13H15NO2S.2C12H17N.C11H15N.C11H13N.C11H15N.C11H13N.C9H8O.C4H10.8CH4/c1-9(2)14-12(15)11(17-13(14)16)8-10-6-4-3-5-7-10;1-10(2)13-9-5-7-11-6-3-4-8-12(11)13;1-10(2)13-8-7-11-5-3-4-6-12(11)9-13;2*1-9(2)12-7-10-5-3-4-6-11(10)8-12;2*1-9(2)12-8-7-10-5-3-4-6-11(10)12;10-9-6-5-7-3-1-2-4-8(7)9;1-4(2)3;;;;;;;;/h3-9,12,15H,1-2H3;3-4,6,8,10H,5,7,9H2,1-2H3;3-6,10H,7-9H2,1-2H3;3-6,9H,7-8H2,1-2H3;3-9H,1-2H3;3-6,9H,7-8H2,1-2H3;3-9H,1-2H3;1-4H,5-6H2;4H,1-3H3;8*1H4/b11-8+;;;;;;;;;;;;;;;;. The van der Waals surface area contributed by atoms with Crippen LogP contribution in [-0.2, 0) is 45.3 Å². The Hall–Kier alpha value is -8.45. The third kappa shape index (κ3) is 30.7. The van der Waals surface area contributed by atoms with E-state index in [4.69, 9.17) is 0 Å². The second kappa shape index (κ2) is 52.1. The molecule has 1 N–H and O–H groups in total. The van der Waals surface area contributed by atoms with E-state index in [0.717, 1.165) is 54.9 Å². The second-order valence-electron chi connectivity index (χ2n) is 30.9. The van der Waals surface area contributed by atoms with Crippen molar-refractivity contribution in [3.8, 4) is 0 Å². The number of amides is 1. The van der Waals surface area contributed by atoms with Crippen molar-refractivity contribution in [3.05, 3.63) is 280 Å². The number of fused-ring (bicyclic) bond motifs is 7. The smallest absolute Gasteiger partial charge is 0.288 e. The van der Waals surface area contributed by atoms with E-state index >= 15 is 0 Å². The van der Waals surface area contributed by atoms with Crippen molar-refractivity contribution < 1.29 is 14.7 Å². The summed E-state index contributed by atoms with van der Waals surface area (Å²) in [5, 5.41) is 14.0. The Morgan fingerprint density at radius 2 is 0.788 bits per heavy atom. The Balaban J connectivity index is 0.00000125. The number of rotatable bonds is 8. The van der Waals surface area contributed by atoms with Crippen LogP contribution in [0.25, 0.3) is 27.8 Å². The lowest BCUT2D eigenvalue weighted by atomic mass is 9.99. The van der Waals surface area contributed by atoms with Gasteiger partial charge in [0.15, 0.2) is 12.0 Å². The molecule has 5 aliphatic heterocycles. The normalized spacial score (nSPS) is 14.8. The van der Waals surface area contributed by atoms with Crippen molar-refractivity contribution in [1.29, 1.82) is 0 Å². The van der Waals surface area contributed by atoms with Gasteiger partial charge < -0.3 is 28.9 Å². The molecule has 6 aliphatic rings. The first-order valence-electron chi connectivity index (χ1n) is 38.9. The van der Waals surface area contributed by atoms with E-state index in [9.17, 15) is 14.7 Å². The van der Waals surface area contributed by atoms with Crippen LogP contribution in [-0.4, -0.2) is 96.0 Å². The molecule has 2 aromatic heterocycles. The fourth-order valence-electron chi connectivity index (χ4n) is 13.8. The molecule has 1 amide bonds. The molecule has 0 saturated carbocycles. The van der Waals surface area contributed by atoms with Crippen molar-refractivity contribution in [2.75, 3.05) is 29.4 Å². The number of benzene rings is 8. The number of aliphatic hydroxyl groups excluding tert-OH is 1.